The number of sulfonamides is 1. The summed E-state index contributed by atoms with van der Waals surface area (Å²) in [5, 5.41) is 6.50. The summed E-state index contributed by atoms with van der Waals surface area (Å²) in [5.74, 6) is 0.209. The molecule has 0 saturated carbocycles. The van der Waals surface area contributed by atoms with Gasteiger partial charge in [-0.1, -0.05) is 29.8 Å². The fourth-order valence-electron chi connectivity index (χ4n) is 5.97. The van der Waals surface area contributed by atoms with Crippen molar-refractivity contribution in [2.75, 3.05) is 6.61 Å². The van der Waals surface area contributed by atoms with Crippen molar-refractivity contribution in [2.45, 2.75) is 65.3 Å². The van der Waals surface area contributed by atoms with Crippen molar-refractivity contribution in [3.63, 3.8) is 0 Å². The minimum absolute atomic E-state index is 0.0265. The van der Waals surface area contributed by atoms with Crippen LogP contribution >= 0.6 is 11.6 Å². The zero-order valence-electron chi connectivity index (χ0n) is 26.4. The summed E-state index contributed by atoms with van der Waals surface area (Å²) >= 11 is 6.33. The largest absolute Gasteiger partial charge is 0.494 e. The van der Waals surface area contributed by atoms with E-state index in [1.807, 2.05) is 51.6 Å². The first-order valence-electron chi connectivity index (χ1n) is 14.9. The number of ether oxygens (including phenoxy) is 1. The van der Waals surface area contributed by atoms with E-state index >= 15 is 0 Å². The lowest BCUT2D eigenvalue weighted by Crippen LogP contribution is -2.31. The highest BCUT2D eigenvalue weighted by molar-refractivity contribution is 7.90. The van der Waals surface area contributed by atoms with Crippen LogP contribution in [0, 0.1) is 34.6 Å². The van der Waals surface area contributed by atoms with Crippen LogP contribution in [0.4, 0.5) is 0 Å². The van der Waals surface area contributed by atoms with Gasteiger partial charge < -0.3 is 9.30 Å². The molecule has 0 unspecified atom stereocenters. The van der Waals surface area contributed by atoms with Crippen LogP contribution in [0.2, 0.25) is 5.02 Å². The number of pyridine rings is 1. The van der Waals surface area contributed by atoms with E-state index in [0.717, 1.165) is 73.9 Å². The Balaban J connectivity index is 1.44. The Hall–Kier alpha value is -4.15. The number of halogens is 1. The second-order valence-corrected chi connectivity index (χ2v) is 13.4. The SMILES string of the molecule is Cc1cc(OCCCc2c(C)n(CCC(=O)NS(=O)(=O)c3cccnc3)c3c(-c4c(C)nn(C)c4C)cccc23)cc(C)c1Cl. The first kappa shape index (κ1) is 32.2. The molecule has 0 atom stereocenters. The highest BCUT2D eigenvalue weighted by Gasteiger charge is 2.23. The summed E-state index contributed by atoms with van der Waals surface area (Å²) in [6.07, 6.45) is 4.21. The molecule has 0 saturated heterocycles. The molecule has 0 aliphatic heterocycles. The van der Waals surface area contributed by atoms with E-state index in [9.17, 15) is 13.2 Å². The molecule has 45 heavy (non-hydrogen) atoms. The third kappa shape index (κ3) is 6.62. The average Bonchev–Trinajstić information content (AvgIpc) is 3.42. The van der Waals surface area contributed by atoms with Gasteiger partial charge in [0.25, 0.3) is 10.0 Å². The van der Waals surface area contributed by atoms with Crippen molar-refractivity contribution < 1.29 is 17.9 Å². The van der Waals surface area contributed by atoms with Crippen LogP contribution in [-0.4, -0.2) is 40.3 Å². The lowest BCUT2D eigenvalue weighted by atomic mass is 9.98. The van der Waals surface area contributed by atoms with Crippen LogP contribution < -0.4 is 9.46 Å². The third-order valence-corrected chi connectivity index (χ3v) is 10.2. The summed E-state index contributed by atoms with van der Waals surface area (Å²) in [7, 11) is -2.09. The summed E-state index contributed by atoms with van der Waals surface area (Å²) in [4.78, 5) is 16.8. The number of fused-ring (bicyclic) bond motifs is 1. The number of carbonyl (C=O) groups is 1. The molecule has 0 bridgehead atoms. The topological polar surface area (TPSA) is 108 Å². The smallest absolute Gasteiger partial charge is 0.265 e. The van der Waals surface area contributed by atoms with Gasteiger partial charge in [-0.2, -0.15) is 5.10 Å². The zero-order valence-corrected chi connectivity index (χ0v) is 28.0. The van der Waals surface area contributed by atoms with Gasteiger partial charge in [-0.25, -0.2) is 13.1 Å². The number of aryl methyl sites for hydroxylation is 6. The number of aromatic nitrogens is 4. The van der Waals surface area contributed by atoms with Gasteiger partial charge in [0.1, 0.15) is 10.6 Å². The van der Waals surface area contributed by atoms with Crippen molar-refractivity contribution in [2.24, 2.45) is 7.05 Å². The van der Waals surface area contributed by atoms with Crippen LogP contribution in [0.5, 0.6) is 5.75 Å². The number of carbonyl (C=O) groups excluding carboxylic acids is 1. The van der Waals surface area contributed by atoms with Crippen LogP contribution in [0.3, 0.4) is 0 Å². The number of hydrogen-bond donors (Lipinski definition) is 1. The summed E-state index contributed by atoms with van der Waals surface area (Å²) < 4.78 is 37.8. The Morgan fingerprint density at radius 2 is 1.76 bits per heavy atom. The molecule has 236 valence electrons. The highest BCUT2D eigenvalue weighted by atomic mass is 35.5. The van der Waals surface area contributed by atoms with E-state index in [1.54, 1.807) is 0 Å². The number of hydrogen-bond acceptors (Lipinski definition) is 6. The Morgan fingerprint density at radius 3 is 2.40 bits per heavy atom. The molecule has 0 fully saturated rings. The summed E-state index contributed by atoms with van der Waals surface area (Å²) in [6, 6.07) is 13.1. The number of nitrogens with zero attached hydrogens (tertiary/aromatic N) is 4. The normalized spacial score (nSPS) is 11.7. The molecule has 0 aliphatic carbocycles. The van der Waals surface area contributed by atoms with Crippen LogP contribution in [0.15, 0.2) is 59.8 Å². The molecule has 5 rings (SSSR count). The van der Waals surface area contributed by atoms with E-state index in [-0.39, 0.29) is 11.3 Å². The van der Waals surface area contributed by atoms with Crippen molar-refractivity contribution in [3.05, 3.63) is 93.7 Å². The predicted molar refractivity (Wildman–Crippen MR) is 177 cm³/mol. The van der Waals surface area contributed by atoms with Gasteiger partial charge >= 0.3 is 0 Å². The number of amides is 1. The summed E-state index contributed by atoms with van der Waals surface area (Å²) in [5.41, 5.74) is 9.18. The van der Waals surface area contributed by atoms with Crippen LogP contribution in [0.25, 0.3) is 22.0 Å². The molecule has 3 heterocycles. The van der Waals surface area contributed by atoms with E-state index in [0.29, 0.717) is 13.2 Å². The average molecular weight is 648 g/mol. The van der Waals surface area contributed by atoms with Gasteiger partial charge in [-0.3, -0.25) is 14.5 Å². The number of nitrogens with one attached hydrogen (secondary N) is 1. The first-order chi connectivity index (χ1) is 21.4. The van der Waals surface area contributed by atoms with Gasteiger partial charge in [-0.15, -0.1) is 0 Å². The third-order valence-electron chi connectivity index (χ3n) is 8.26. The molecule has 11 heteroatoms. The standard InChI is InChI=1S/C34H38ClN5O4S/c1-21-18-26(19-22(2)33(21)35)44-17-9-13-28-24(4)40(16-14-31(41)38-45(42,43)27-10-8-15-36-20-27)34-29(28)11-7-12-30(34)32-23(3)37-39(6)25(32)5/h7-8,10-12,15,18-20H,9,13-14,16-17H2,1-6H3,(H,38,41). The Labute approximate surface area is 269 Å². The van der Waals surface area contributed by atoms with Gasteiger partial charge in [0.2, 0.25) is 5.91 Å². The molecule has 9 nitrogen and oxygen atoms in total. The maximum Gasteiger partial charge on any atom is 0.265 e. The Kier molecular flexibility index (Phi) is 9.36. The molecule has 0 spiro atoms. The molecular formula is C34H38ClN5O4S. The lowest BCUT2D eigenvalue weighted by Gasteiger charge is -2.13. The van der Waals surface area contributed by atoms with Crippen molar-refractivity contribution >= 4 is 38.4 Å². The quantitative estimate of drug-likeness (QED) is 0.163. The molecule has 1 N–H and O–H groups in total. The van der Waals surface area contributed by atoms with Crippen LogP contribution in [0.1, 0.15) is 46.6 Å². The minimum Gasteiger partial charge on any atom is -0.494 e. The molecule has 0 radical (unpaired) electrons. The maximum atomic E-state index is 13.0. The predicted octanol–water partition coefficient (Wildman–Crippen LogP) is 6.54. The fraction of sp³-hybridized carbons (Fsp3) is 0.324. The van der Waals surface area contributed by atoms with Crippen molar-refractivity contribution in [3.8, 4) is 16.9 Å². The number of para-hydroxylation sites is 1. The second-order valence-electron chi connectivity index (χ2n) is 11.4. The number of rotatable bonds is 11. The van der Waals surface area contributed by atoms with E-state index < -0.39 is 15.9 Å². The Bertz CT molecular complexity index is 1980. The van der Waals surface area contributed by atoms with Crippen LogP contribution in [-0.2, 0) is 34.8 Å². The molecule has 2 aromatic carbocycles. The summed E-state index contributed by atoms with van der Waals surface area (Å²) in [6.45, 7) is 10.9. The second kappa shape index (κ2) is 13.1. The molecular weight excluding hydrogens is 610 g/mol. The minimum atomic E-state index is -4.02. The van der Waals surface area contributed by atoms with Gasteiger partial charge in [0.15, 0.2) is 0 Å². The molecule has 5 aromatic rings. The highest BCUT2D eigenvalue weighted by Crippen LogP contribution is 2.37. The van der Waals surface area contributed by atoms with E-state index in [4.69, 9.17) is 16.3 Å². The van der Waals surface area contributed by atoms with E-state index in [1.165, 1.54) is 30.1 Å². The van der Waals surface area contributed by atoms with E-state index in [2.05, 4.69) is 44.5 Å². The van der Waals surface area contributed by atoms with Crippen molar-refractivity contribution in [1.29, 1.82) is 0 Å². The monoisotopic (exact) mass is 647 g/mol. The van der Waals surface area contributed by atoms with Gasteiger partial charge in [0.05, 0.1) is 17.8 Å². The first-order valence-corrected chi connectivity index (χ1v) is 16.7. The van der Waals surface area contributed by atoms with Crippen molar-refractivity contribution in [1.82, 2.24) is 24.1 Å². The maximum absolute atomic E-state index is 13.0. The van der Waals surface area contributed by atoms with Gasteiger partial charge in [0, 0.05) is 65.3 Å². The lowest BCUT2D eigenvalue weighted by molar-refractivity contribution is -0.119. The van der Waals surface area contributed by atoms with Gasteiger partial charge in [-0.05, 0) is 88.4 Å². The number of benzene rings is 2. The molecule has 1 amide bonds. The Morgan fingerprint density at radius 1 is 1.02 bits per heavy atom. The fourth-order valence-corrected chi connectivity index (χ4v) is 7.06. The molecule has 0 aliphatic rings. The zero-order chi connectivity index (χ0) is 32.5. The molecule has 3 aromatic heterocycles.